The third-order valence-electron chi connectivity index (χ3n) is 3.65. The molecule has 3 rings (SSSR count). The average Bonchev–Trinajstić information content (AvgIpc) is 2.52. The van der Waals surface area contributed by atoms with Gasteiger partial charge in [0.15, 0.2) is 5.69 Å². The molecule has 0 saturated carbocycles. The molecule has 110 valence electrons. The van der Waals surface area contributed by atoms with E-state index in [0.717, 1.165) is 11.1 Å². The van der Waals surface area contributed by atoms with E-state index >= 15 is 0 Å². The van der Waals surface area contributed by atoms with Crippen molar-refractivity contribution in [3.63, 3.8) is 0 Å². The van der Waals surface area contributed by atoms with Crippen molar-refractivity contribution in [3.05, 3.63) is 75.7 Å². The van der Waals surface area contributed by atoms with Gasteiger partial charge in [0.05, 0.1) is 11.9 Å². The Morgan fingerprint density at radius 1 is 1.09 bits per heavy atom. The molecule has 0 radical (unpaired) electrons. The van der Waals surface area contributed by atoms with E-state index < -0.39 is 5.97 Å². The summed E-state index contributed by atoms with van der Waals surface area (Å²) >= 11 is 0. The highest BCUT2D eigenvalue weighted by Crippen LogP contribution is 2.14. The van der Waals surface area contributed by atoms with E-state index in [2.05, 4.69) is 5.10 Å². The zero-order valence-corrected chi connectivity index (χ0v) is 12.0. The summed E-state index contributed by atoms with van der Waals surface area (Å²) in [6.45, 7) is 2.19. The quantitative estimate of drug-likeness (QED) is 0.805. The number of carboxylic acids is 1. The van der Waals surface area contributed by atoms with Gasteiger partial charge in [-0.05, 0) is 24.1 Å². The number of fused-ring (bicyclic) bond motifs is 1. The van der Waals surface area contributed by atoms with Gasteiger partial charge in [0, 0.05) is 5.39 Å². The molecule has 0 saturated heterocycles. The Hall–Kier alpha value is -2.95. The van der Waals surface area contributed by atoms with Crippen LogP contribution in [0.3, 0.4) is 0 Å². The van der Waals surface area contributed by atoms with Crippen LogP contribution in [0.5, 0.6) is 0 Å². The lowest BCUT2D eigenvalue weighted by atomic mass is 10.1. The molecule has 2 aromatic carbocycles. The van der Waals surface area contributed by atoms with Crippen LogP contribution in [0.2, 0.25) is 0 Å². The molecule has 0 aliphatic heterocycles. The number of aromatic nitrogens is 2. The first kappa shape index (κ1) is 14.0. The molecule has 3 aromatic rings. The standard InChI is InChI=1S/C17H14N2O3/c1-11-6-2-3-7-12(11)10-19-16(20)14-9-5-4-8-13(14)15(18-19)17(21)22/h2-9H,10H2,1H3,(H,21,22). The van der Waals surface area contributed by atoms with Gasteiger partial charge in [0.2, 0.25) is 0 Å². The second-order valence-electron chi connectivity index (χ2n) is 5.09. The van der Waals surface area contributed by atoms with E-state index in [1.807, 2.05) is 31.2 Å². The molecular formula is C17H14N2O3. The average molecular weight is 294 g/mol. The van der Waals surface area contributed by atoms with Gasteiger partial charge in [-0.3, -0.25) is 4.79 Å². The molecule has 0 fully saturated rings. The maximum Gasteiger partial charge on any atom is 0.357 e. The minimum Gasteiger partial charge on any atom is -0.476 e. The van der Waals surface area contributed by atoms with E-state index in [1.165, 1.54) is 4.68 Å². The number of aryl methyl sites for hydroxylation is 1. The van der Waals surface area contributed by atoms with Gasteiger partial charge in [-0.1, -0.05) is 42.5 Å². The number of rotatable bonds is 3. The van der Waals surface area contributed by atoms with Gasteiger partial charge in [0.25, 0.3) is 5.56 Å². The van der Waals surface area contributed by atoms with Gasteiger partial charge in [0.1, 0.15) is 0 Å². The van der Waals surface area contributed by atoms with Crippen LogP contribution in [0.15, 0.2) is 53.3 Å². The summed E-state index contributed by atoms with van der Waals surface area (Å²) in [7, 11) is 0. The zero-order chi connectivity index (χ0) is 15.7. The first-order valence-electron chi connectivity index (χ1n) is 6.85. The second-order valence-corrected chi connectivity index (χ2v) is 5.09. The summed E-state index contributed by atoms with van der Waals surface area (Å²) in [5.41, 5.74) is 1.57. The van der Waals surface area contributed by atoms with E-state index in [0.29, 0.717) is 10.8 Å². The Morgan fingerprint density at radius 2 is 1.73 bits per heavy atom. The van der Waals surface area contributed by atoms with Crippen LogP contribution in [-0.2, 0) is 6.54 Å². The molecule has 22 heavy (non-hydrogen) atoms. The summed E-state index contributed by atoms with van der Waals surface area (Å²) < 4.78 is 1.22. The van der Waals surface area contributed by atoms with Crippen LogP contribution < -0.4 is 5.56 Å². The highest BCUT2D eigenvalue weighted by Gasteiger charge is 2.15. The molecule has 1 heterocycles. The van der Waals surface area contributed by atoms with E-state index in [4.69, 9.17) is 0 Å². The summed E-state index contributed by atoms with van der Waals surface area (Å²) in [5.74, 6) is -1.14. The minimum absolute atomic E-state index is 0.108. The fourth-order valence-electron chi connectivity index (χ4n) is 2.45. The molecule has 1 aromatic heterocycles. The maximum atomic E-state index is 12.5. The fraction of sp³-hybridized carbons (Fsp3) is 0.118. The Kier molecular flexibility index (Phi) is 3.47. The highest BCUT2D eigenvalue weighted by atomic mass is 16.4. The first-order chi connectivity index (χ1) is 10.6. The number of carbonyl (C=O) groups is 1. The number of benzene rings is 2. The van der Waals surface area contributed by atoms with Crippen molar-refractivity contribution in [1.82, 2.24) is 9.78 Å². The van der Waals surface area contributed by atoms with Crippen molar-refractivity contribution in [2.75, 3.05) is 0 Å². The lowest BCUT2D eigenvalue weighted by Gasteiger charge is -2.10. The summed E-state index contributed by atoms with van der Waals surface area (Å²) in [5, 5.41) is 14.1. The van der Waals surface area contributed by atoms with Crippen LogP contribution in [0.25, 0.3) is 10.8 Å². The van der Waals surface area contributed by atoms with Crippen molar-refractivity contribution >= 4 is 16.7 Å². The number of hydrogen-bond donors (Lipinski definition) is 1. The summed E-state index contributed by atoms with van der Waals surface area (Å²) in [6.07, 6.45) is 0. The zero-order valence-electron chi connectivity index (χ0n) is 12.0. The molecule has 5 nitrogen and oxygen atoms in total. The number of hydrogen-bond acceptors (Lipinski definition) is 3. The molecular weight excluding hydrogens is 280 g/mol. The highest BCUT2D eigenvalue weighted by molar-refractivity contribution is 6.01. The first-order valence-corrected chi connectivity index (χ1v) is 6.85. The van der Waals surface area contributed by atoms with E-state index in [-0.39, 0.29) is 17.8 Å². The van der Waals surface area contributed by atoms with Crippen molar-refractivity contribution in [2.45, 2.75) is 13.5 Å². The van der Waals surface area contributed by atoms with Crippen molar-refractivity contribution in [3.8, 4) is 0 Å². The van der Waals surface area contributed by atoms with Crippen LogP contribution in [0, 0.1) is 6.92 Å². The molecule has 0 spiro atoms. The maximum absolute atomic E-state index is 12.5. The third kappa shape index (κ3) is 2.37. The third-order valence-corrected chi connectivity index (χ3v) is 3.65. The van der Waals surface area contributed by atoms with Crippen LogP contribution in [-0.4, -0.2) is 20.9 Å². The smallest absolute Gasteiger partial charge is 0.357 e. The Bertz CT molecular complexity index is 929. The number of nitrogens with zero attached hydrogens (tertiary/aromatic N) is 2. The van der Waals surface area contributed by atoms with E-state index in [1.54, 1.807) is 24.3 Å². The molecule has 1 N–H and O–H groups in total. The molecule has 0 unspecified atom stereocenters. The van der Waals surface area contributed by atoms with Crippen LogP contribution in [0.4, 0.5) is 0 Å². The predicted molar refractivity (Wildman–Crippen MR) is 83.2 cm³/mol. The van der Waals surface area contributed by atoms with E-state index in [9.17, 15) is 14.7 Å². The second kappa shape index (κ2) is 5.44. The number of aromatic carboxylic acids is 1. The topological polar surface area (TPSA) is 72.2 Å². The van der Waals surface area contributed by atoms with Gasteiger partial charge in [-0.25, -0.2) is 9.48 Å². The predicted octanol–water partition coefficient (Wildman–Crippen LogP) is 2.45. The normalized spacial score (nSPS) is 10.8. The Morgan fingerprint density at radius 3 is 2.41 bits per heavy atom. The monoisotopic (exact) mass is 294 g/mol. The van der Waals surface area contributed by atoms with Gasteiger partial charge >= 0.3 is 5.97 Å². The fourth-order valence-corrected chi connectivity index (χ4v) is 2.45. The molecule has 0 atom stereocenters. The lowest BCUT2D eigenvalue weighted by Crippen LogP contribution is -2.26. The molecule has 5 heteroatoms. The minimum atomic E-state index is -1.14. The van der Waals surface area contributed by atoms with Crippen molar-refractivity contribution < 1.29 is 9.90 Å². The number of carboxylic acid groups (broad SMARTS) is 1. The Labute approximate surface area is 126 Å². The SMILES string of the molecule is Cc1ccccc1Cn1nc(C(=O)O)c2ccccc2c1=O. The van der Waals surface area contributed by atoms with Crippen molar-refractivity contribution in [2.24, 2.45) is 0 Å². The van der Waals surface area contributed by atoms with Crippen molar-refractivity contribution in [1.29, 1.82) is 0 Å². The molecule has 0 amide bonds. The summed E-state index contributed by atoms with van der Waals surface area (Å²) in [4.78, 5) is 23.9. The van der Waals surface area contributed by atoms with Crippen LogP contribution in [0.1, 0.15) is 21.6 Å². The van der Waals surface area contributed by atoms with Gasteiger partial charge in [-0.2, -0.15) is 5.10 Å². The molecule has 0 bridgehead atoms. The van der Waals surface area contributed by atoms with Gasteiger partial charge in [-0.15, -0.1) is 0 Å². The summed E-state index contributed by atoms with van der Waals surface area (Å²) in [6, 6.07) is 14.3. The molecule has 0 aliphatic carbocycles. The molecule has 0 aliphatic rings. The Balaban J connectivity index is 2.22. The largest absolute Gasteiger partial charge is 0.476 e. The lowest BCUT2D eigenvalue weighted by molar-refractivity contribution is 0.0690. The van der Waals surface area contributed by atoms with Crippen LogP contribution >= 0.6 is 0 Å². The van der Waals surface area contributed by atoms with Gasteiger partial charge < -0.3 is 5.11 Å².